The van der Waals surface area contributed by atoms with Crippen LogP contribution in [0.25, 0.3) is 6.08 Å². The fraction of sp³-hybridized carbons (Fsp3) is 0.174. The molecule has 0 bridgehead atoms. The van der Waals surface area contributed by atoms with Crippen LogP contribution in [0.3, 0.4) is 0 Å². The summed E-state index contributed by atoms with van der Waals surface area (Å²) in [6, 6.07) is 10.1. The summed E-state index contributed by atoms with van der Waals surface area (Å²) in [4.78, 5) is 31.5. The van der Waals surface area contributed by atoms with Gasteiger partial charge in [-0.05, 0) is 48.4 Å². The molecule has 3 heterocycles. The number of aromatic nitrogens is 2. The summed E-state index contributed by atoms with van der Waals surface area (Å²) in [5.41, 5.74) is 0.803. The number of imidazole rings is 1. The van der Waals surface area contributed by atoms with E-state index in [-0.39, 0.29) is 5.57 Å². The molecule has 0 spiro atoms. The van der Waals surface area contributed by atoms with Gasteiger partial charge in [-0.2, -0.15) is 0 Å². The Morgan fingerprint density at radius 2 is 2.13 bits per heavy atom. The van der Waals surface area contributed by atoms with Crippen molar-refractivity contribution in [2.45, 2.75) is 19.0 Å². The van der Waals surface area contributed by atoms with Crippen LogP contribution in [-0.2, 0) is 16.1 Å². The third-order valence-electron chi connectivity index (χ3n) is 5.05. The van der Waals surface area contributed by atoms with Gasteiger partial charge in [0.25, 0.3) is 5.91 Å². The second-order valence-electron chi connectivity index (χ2n) is 7.09. The molecule has 8 heteroatoms. The standard InChI is InChI=1S/C23H20BrN3O4/c24-17-5-1-4-16(14-17)21-20(19(28)8-7-18-6-2-13-31-18)22(29)23(30)27(21)11-3-10-26-12-9-25-15-26/h1-2,4-9,12-15,21,29H,3,10-11H2/b8-7+. The number of amides is 1. The van der Waals surface area contributed by atoms with Crippen molar-refractivity contribution in [1.29, 1.82) is 0 Å². The number of ketones is 1. The van der Waals surface area contributed by atoms with Crippen molar-refractivity contribution < 1.29 is 19.1 Å². The van der Waals surface area contributed by atoms with Gasteiger partial charge in [0, 0.05) is 30.0 Å². The van der Waals surface area contributed by atoms with E-state index in [4.69, 9.17) is 4.42 Å². The molecule has 0 aliphatic carbocycles. The lowest BCUT2D eigenvalue weighted by molar-refractivity contribution is -0.129. The lowest BCUT2D eigenvalue weighted by Crippen LogP contribution is -2.32. The molecule has 1 amide bonds. The molecule has 0 saturated carbocycles. The summed E-state index contributed by atoms with van der Waals surface area (Å²) in [7, 11) is 0. The highest BCUT2D eigenvalue weighted by Gasteiger charge is 2.42. The van der Waals surface area contributed by atoms with Crippen LogP contribution in [0.15, 0.2) is 87.7 Å². The average Bonchev–Trinajstić information content (AvgIpc) is 3.50. The Kier molecular flexibility index (Phi) is 6.18. The average molecular weight is 482 g/mol. The lowest BCUT2D eigenvalue weighted by atomic mass is 9.95. The van der Waals surface area contributed by atoms with Gasteiger partial charge in [0.05, 0.1) is 24.2 Å². The molecule has 0 radical (unpaired) electrons. The third-order valence-corrected chi connectivity index (χ3v) is 5.54. The zero-order chi connectivity index (χ0) is 21.8. The first-order valence-electron chi connectivity index (χ1n) is 9.76. The number of aryl methyl sites for hydroxylation is 1. The fourth-order valence-corrected chi connectivity index (χ4v) is 4.05. The van der Waals surface area contributed by atoms with Crippen LogP contribution in [-0.4, -0.2) is 37.8 Å². The van der Waals surface area contributed by atoms with Gasteiger partial charge in [-0.1, -0.05) is 28.1 Å². The van der Waals surface area contributed by atoms with Crippen molar-refractivity contribution in [3.8, 4) is 0 Å². The largest absolute Gasteiger partial charge is 0.503 e. The first kappa shape index (κ1) is 20.9. The molecule has 31 heavy (non-hydrogen) atoms. The molecular weight excluding hydrogens is 462 g/mol. The third kappa shape index (κ3) is 4.54. The first-order valence-corrected chi connectivity index (χ1v) is 10.5. The number of benzene rings is 1. The highest BCUT2D eigenvalue weighted by molar-refractivity contribution is 9.10. The van der Waals surface area contributed by atoms with Gasteiger partial charge in [-0.3, -0.25) is 9.59 Å². The molecule has 158 valence electrons. The number of aliphatic hydroxyl groups is 1. The Balaban J connectivity index is 1.62. The summed E-state index contributed by atoms with van der Waals surface area (Å²) in [5.74, 6) is -0.995. The monoisotopic (exact) mass is 481 g/mol. The van der Waals surface area contributed by atoms with Gasteiger partial charge >= 0.3 is 0 Å². The summed E-state index contributed by atoms with van der Waals surface area (Å²) < 4.78 is 7.96. The molecule has 1 N–H and O–H groups in total. The number of allylic oxidation sites excluding steroid dienone is 1. The minimum atomic E-state index is -0.679. The minimum absolute atomic E-state index is 0.0635. The Morgan fingerprint density at radius 3 is 2.84 bits per heavy atom. The van der Waals surface area contributed by atoms with Gasteiger partial charge in [0.1, 0.15) is 5.76 Å². The number of carbonyl (C=O) groups is 2. The van der Waals surface area contributed by atoms with E-state index in [0.717, 1.165) is 10.0 Å². The quantitative estimate of drug-likeness (QED) is 0.484. The van der Waals surface area contributed by atoms with Crippen molar-refractivity contribution >= 4 is 33.7 Å². The van der Waals surface area contributed by atoms with E-state index in [2.05, 4.69) is 20.9 Å². The smallest absolute Gasteiger partial charge is 0.290 e. The Hall–Kier alpha value is -3.39. The van der Waals surface area contributed by atoms with Crippen LogP contribution in [0, 0.1) is 0 Å². The maximum atomic E-state index is 13.0. The second kappa shape index (κ2) is 9.18. The van der Waals surface area contributed by atoms with E-state index < -0.39 is 23.5 Å². The van der Waals surface area contributed by atoms with Gasteiger partial charge in [-0.25, -0.2) is 4.98 Å². The van der Waals surface area contributed by atoms with E-state index in [1.54, 1.807) is 29.6 Å². The van der Waals surface area contributed by atoms with Crippen LogP contribution in [0.5, 0.6) is 0 Å². The number of nitrogens with zero attached hydrogens (tertiary/aromatic N) is 3. The summed E-state index contributed by atoms with van der Waals surface area (Å²) >= 11 is 3.45. The molecule has 1 aromatic carbocycles. The van der Waals surface area contributed by atoms with Crippen LogP contribution in [0.2, 0.25) is 0 Å². The van der Waals surface area contributed by atoms with E-state index in [0.29, 0.717) is 25.3 Å². The molecule has 1 aliphatic rings. The van der Waals surface area contributed by atoms with Crippen LogP contribution >= 0.6 is 15.9 Å². The fourth-order valence-electron chi connectivity index (χ4n) is 3.64. The van der Waals surface area contributed by atoms with Crippen molar-refractivity contribution in [1.82, 2.24) is 14.5 Å². The SMILES string of the molecule is O=C(/C=C/c1ccco1)C1=C(O)C(=O)N(CCCn2ccnc2)C1c1cccc(Br)c1. The van der Waals surface area contributed by atoms with Crippen molar-refractivity contribution in [2.24, 2.45) is 0 Å². The highest BCUT2D eigenvalue weighted by atomic mass is 79.9. The first-order chi connectivity index (χ1) is 15.0. The molecule has 1 atom stereocenters. The van der Waals surface area contributed by atoms with Crippen molar-refractivity contribution in [2.75, 3.05) is 6.54 Å². The highest BCUT2D eigenvalue weighted by Crippen LogP contribution is 2.38. The van der Waals surface area contributed by atoms with Gasteiger partial charge in [0.15, 0.2) is 11.5 Å². The van der Waals surface area contributed by atoms with Crippen molar-refractivity contribution in [3.05, 3.63) is 94.6 Å². The van der Waals surface area contributed by atoms with Gasteiger partial charge in [0.2, 0.25) is 0 Å². The molecule has 7 nitrogen and oxygen atoms in total. The van der Waals surface area contributed by atoms with E-state index >= 15 is 0 Å². The molecule has 1 aliphatic heterocycles. The normalized spacial score (nSPS) is 16.6. The van der Waals surface area contributed by atoms with Crippen LogP contribution in [0.4, 0.5) is 0 Å². The maximum Gasteiger partial charge on any atom is 0.290 e. The second-order valence-corrected chi connectivity index (χ2v) is 8.00. The van der Waals surface area contributed by atoms with E-state index in [1.807, 2.05) is 35.0 Å². The zero-order valence-corrected chi connectivity index (χ0v) is 18.1. The maximum absolute atomic E-state index is 13.0. The summed E-state index contributed by atoms with van der Waals surface area (Å²) in [5, 5.41) is 10.6. The van der Waals surface area contributed by atoms with Gasteiger partial charge in [-0.15, -0.1) is 0 Å². The Morgan fingerprint density at radius 1 is 1.26 bits per heavy atom. The van der Waals surface area contributed by atoms with E-state index in [1.165, 1.54) is 18.4 Å². The lowest BCUT2D eigenvalue weighted by Gasteiger charge is -2.27. The zero-order valence-electron chi connectivity index (χ0n) is 16.5. The number of aliphatic hydroxyl groups excluding tert-OH is 1. The van der Waals surface area contributed by atoms with Crippen LogP contribution in [0.1, 0.15) is 23.8 Å². The number of halogens is 1. The van der Waals surface area contributed by atoms with Gasteiger partial charge < -0.3 is 19.0 Å². The molecular formula is C23H20BrN3O4. The molecule has 0 saturated heterocycles. The number of carbonyl (C=O) groups excluding carboxylic acids is 2. The predicted octanol–water partition coefficient (Wildman–Crippen LogP) is 4.31. The molecule has 0 fully saturated rings. The Labute approximate surface area is 187 Å². The molecule has 4 rings (SSSR count). The number of furan rings is 1. The number of rotatable bonds is 8. The minimum Gasteiger partial charge on any atom is -0.503 e. The predicted molar refractivity (Wildman–Crippen MR) is 118 cm³/mol. The topological polar surface area (TPSA) is 88.6 Å². The number of hydrogen-bond donors (Lipinski definition) is 1. The number of hydrogen-bond acceptors (Lipinski definition) is 5. The van der Waals surface area contributed by atoms with Crippen molar-refractivity contribution in [3.63, 3.8) is 0 Å². The summed E-state index contributed by atoms with van der Waals surface area (Å²) in [6.45, 7) is 1.04. The molecule has 3 aromatic rings. The molecule has 2 aromatic heterocycles. The summed E-state index contributed by atoms with van der Waals surface area (Å²) in [6.07, 6.45) is 10.2. The van der Waals surface area contributed by atoms with E-state index in [9.17, 15) is 14.7 Å². The van der Waals surface area contributed by atoms with Crippen LogP contribution < -0.4 is 0 Å². The molecule has 1 unspecified atom stereocenters. The Bertz CT molecular complexity index is 1130.